The molecule has 0 spiro atoms. The summed E-state index contributed by atoms with van der Waals surface area (Å²) in [6.45, 7) is 6.38. The molecule has 0 atom stereocenters. The third kappa shape index (κ3) is 1.81. The van der Waals surface area contributed by atoms with Crippen LogP contribution in [0.4, 0.5) is 0 Å². The van der Waals surface area contributed by atoms with Crippen molar-refractivity contribution in [1.29, 1.82) is 0 Å². The maximum absolute atomic E-state index is 5.90. The largest absolute Gasteiger partial charge is 0.347 e. The Hall–Kier alpha value is -1.41. The van der Waals surface area contributed by atoms with E-state index in [0.29, 0.717) is 0 Å². The number of thiophene rings is 1. The van der Waals surface area contributed by atoms with Gasteiger partial charge in [0.25, 0.3) is 0 Å². The summed E-state index contributed by atoms with van der Waals surface area (Å²) in [5.74, 6) is 2.15. The Kier molecular flexibility index (Phi) is 2.83. The second-order valence-electron chi connectivity index (χ2n) is 4.87. The van der Waals surface area contributed by atoms with Gasteiger partial charge in [0.15, 0.2) is 0 Å². The van der Waals surface area contributed by atoms with Crippen LogP contribution < -0.4 is 0 Å². The Morgan fingerprint density at radius 1 is 1.11 bits per heavy atom. The minimum absolute atomic E-state index is 1.01. The highest BCUT2D eigenvalue weighted by atomic mass is 32.1. The number of hydrogen-bond donors (Lipinski definition) is 0. The molecule has 18 heavy (non-hydrogen) atoms. The zero-order valence-corrected chi connectivity index (χ0v) is 11.9. The molecule has 1 aromatic carbocycles. The summed E-state index contributed by atoms with van der Waals surface area (Å²) in [6.07, 6.45) is 2.14. The van der Waals surface area contributed by atoms with Crippen LogP contribution in [0.5, 0.6) is 0 Å². The number of aryl methyl sites for hydroxylation is 3. The summed E-state index contributed by atoms with van der Waals surface area (Å²) < 4.78 is 8.58. The zero-order valence-electron chi connectivity index (χ0n) is 11.0. The quantitative estimate of drug-likeness (QED) is 0.552. The highest BCUT2D eigenvalue weighted by Crippen LogP contribution is 2.37. The van der Waals surface area contributed by atoms with Gasteiger partial charge in [0, 0.05) is 21.5 Å². The first-order valence-corrected chi connectivity index (χ1v) is 7.26. The summed E-state index contributed by atoms with van der Waals surface area (Å²) in [7, 11) is 0. The molecular formula is C16H17OS+. The Balaban J connectivity index is 2.42. The molecule has 0 amide bonds. The Bertz CT molecular complexity index is 725. The van der Waals surface area contributed by atoms with Crippen LogP contribution >= 0.6 is 11.3 Å². The molecule has 0 saturated heterocycles. The standard InChI is InChI=1S/C16H17OS/c1-4-5-14-16-13(9-11(3)17-14)12-8-10(2)6-7-15(12)18-16/h6-9H,4-5H2,1-3H3/q+1. The van der Waals surface area contributed by atoms with Crippen molar-refractivity contribution < 1.29 is 4.42 Å². The van der Waals surface area contributed by atoms with Crippen LogP contribution in [0.3, 0.4) is 0 Å². The first kappa shape index (κ1) is 11.7. The lowest BCUT2D eigenvalue weighted by Gasteiger charge is -1.93. The van der Waals surface area contributed by atoms with Gasteiger partial charge in [-0.25, -0.2) is 4.42 Å². The van der Waals surface area contributed by atoms with Gasteiger partial charge in [-0.15, -0.1) is 11.3 Å². The molecule has 2 heteroatoms. The van der Waals surface area contributed by atoms with Gasteiger partial charge in [-0.1, -0.05) is 18.6 Å². The number of rotatable bonds is 2. The number of fused-ring (bicyclic) bond motifs is 3. The van der Waals surface area contributed by atoms with E-state index in [2.05, 4.69) is 38.1 Å². The van der Waals surface area contributed by atoms with E-state index in [1.54, 1.807) is 0 Å². The van der Waals surface area contributed by atoms with E-state index in [9.17, 15) is 0 Å². The van der Waals surface area contributed by atoms with Gasteiger partial charge in [-0.3, -0.25) is 0 Å². The summed E-state index contributed by atoms with van der Waals surface area (Å²) in [5, 5.41) is 2.72. The van der Waals surface area contributed by atoms with E-state index in [-0.39, 0.29) is 0 Å². The van der Waals surface area contributed by atoms with Crippen LogP contribution in [0, 0.1) is 13.8 Å². The molecule has 2 heterocycles. The molecule has 0 aliphatic carbocycles. The van der Waals surface area contributed by atoms with Crippen LogP contribution in [0.1, 0.15) is 30.4 Å². The van der Waals surface area contributed by atoms with Crippen LogP contribution in [0.25, 0.3) is 20.2 Å². The van der Waals surface area contributed by atoms with Crippen LogP contribution in [-0.2, 0) is 6.42 Å². The molecule has 3 aromatic rings. The molecule has 0 bridgehead atoms. The number of hydrogen-bond acceptors (Lipinski definition) is 1. The molecule has 0 N–H and O–H groups in total. The van der Waals surface area contributed by atoms with Crippen molar-refractivity contribution in [2.45, 2.75) is 33.6 Å². The zero-order chi connectivity index (χ0) is 12.7. The average molecular weight is 257 g/mol. The first-order chi connectivity index (χ1) is 8.69. The maximum atomic E-state index is 5.90. The fraction of sp³-hybridized carbons (Fsp3) is 0.312. The lowest BCUT2D eigenvalue weighted by atomic mass is 10.1. The Morgan fingerprint density at radius 3 is 2.72 bits per heavy atom. The lowest BCUT2D eigenvalue weighted by molar-refractivity contribution is 0.472. The molecule has 0 radical (unpaired) electrons. The molecule has 0 unspecified atom stereocenters. The minimum Gasteiger partial charge on any atom is -0.217 e. The summed E-state index contributed by atoms with van der Waals surface area (Å²) in [6, 6.07) is 8.86. The molecule has 0 saturated carbocycles. The highest BCUT2D eigenvalue weighted by molar-refractivity contribution is 7.26. The van der Waals surface area contributed by atoms with Gasteiger partial charge in [-0.05, 0) is 25.5 Å². The first-order valence-electron chi connectivity index (χ1n) is 6.44. The normalized spacial score (nSPS) is 11.5. The third-order valence-corrected chi connectivity index (χ3v) is 4.47. The topological polar surface area (TPSA) is 11.3 Å². The van der Waals surface area contributed by atoms with E-state index in [0.717, 1.165) is 24.4 Å². The minimum atomic E-state index is 1.01. The predicted molar refractivity (Wildman–Crippen MR) is 79.5 cm³/mol. The molecular weight excluding hydrogens is 240 g/mol. The van der Waals surface area contributed by atoms with Crippen molar-refractivity contribution in [1.82, 2.24) is 0 Å². The molecule has 2 aromatic heterocycles. The average Bonchev–Trinajstić information content (AvgIpc) is 2.68. The van der Waals surface area contributed by atoms with Gasteiger partial charge < -0.3 is 0 Å². The summed E-state index contributed by atoms with van der Waals surface area (Å²) >= 11 is 1.85. The molecule has 3 rings (SSSR count). The van der Waals surface area contributed by atoms with Crippen molar-refractivity contribution in [2.24, 2.45) is 0 Å². The van der Waals surface area contributed by atoms with Crippen molar-refractivity contribution >= 4 is 31.5 Å². The molecule has 0 fully saturated rings. The Morgan fingerprint density at radius 2 is 1.94 bits per heavy atom. The van der Waals surface area contributed by atoms with Gasteiger partial charge in [0.2, 0.25) is 0 Å². The fourth-order valence-corrected chi connectivity index (χ4v) is 3.62. The second kappa shape index (κ2) is 4.36. The maximum Gasteiger partial charge on any atom is 0.347 e. The predicted octanol–water partition coefficient (Wildman–Crippen LogP) is 5.50. The molecule has 0 aliphatic heterocycles. The van der Waals surface area contributed by atoms with Crippen LogP contribution in [0.15, 0.2) is 28.7 Å². The van der Waals surface area contributed by atoms with Crippen molar-refractivity contribution in [3.8, 4) is 0 Å². The van der Waals surface area contributed by atoms with E-state index in [1.165, 1.54) is 25.7 Å². The SMILES string of the molecule is CCCc1[o+]c(C)cc2c1sc1ccc(C)cc12. The smallest absolute Gasteiger partial charge is 0.217 e. The van der Waals surface area contributed by atoms with Crippen molar-refractivity contribution in [3.05, 3.63) is 41.3 Å². The van der Waals surface area contributed by atoms with Crippen LogP contribution in [0.2, 0.25) is 0 Å². The Labute approximate surface area is 111 Å². The van der Waals surface area contributed by atoms with E-state index in [1.807, 2.05) is 18.3 Å². The summed E-state index contributed by atoms with van der Waals surface area (Å²) in [5.41, 5.74) is 1.32. The molecule has 0 aliphatic rings. The van der Waals surface area contributed by atoms with Crippen molar-refractivity contribution in [2.75, 3.05) is 0 Å². The number of benzene rings is 1. The van der Waals surface area contributed by atoms with Crippen molar-refractivity contribution in [3.63, 3.8) is 0 Å². The fourth-order valence-electron chi connectivity index (χ4n) is 2.45. The third-order valence-electron chi connectivity index (χ3n) is 3.24. The van der Waals surface area contributed by atoms with Gasteiger partial charge in [-0.2, -0.15) is 0 Å². The van der Waals surface area contributed by atoms with Crippen LogP contribution in [-0.4, -0.2) is 0 Å². The van der Waals surface area contributed by atoms with Gasteiger partial charge >= 0.3 is 11.5 Å². The van der Waals surface area contributed by atoms with E-state index < -0.39 is 0 Å². The molecule has 92 valence electrons. The van der Waals surface area contributed by atoms with Gasteiger partial charge in [0.05, 0.1) is 13.3 Å². The van der Waals surface area contributed by atoms with E-state index in [4.69, 9.17) is 4.42 Å². The van der Waals surface area contributed by atoms with Gasteiger partial charge in [0.1, 0.15) is 4.70 Å². The molecule has 1 nitrogen and oxygen atoms in total. The highest BCUT2D eigenvalue weighted by Gasteiger charge is 2.19. The second-order valence-corrected chi connectivity index (χ2v) is 5.93. The summed E-state index contributed by atoms with van der Waals surface area (Å²) in [4.78, 5) is 0. The monoisotopic (exact) mass is 257 g/mol. The van der Waals surface area contributed by atoms with E-state index >= 15 is 0 Å². The lowest BCUT2D eigenvalue weighted by Crippen LogP contribution is -1.85.